The molecule has 3 heterocycles. The van der Waals surface area contributed by atoms with Gasteiger partial charge in [-0.25, -0.2) is 0 Å². The van der Waals surface area contributed by atoms with E-state index >= 15 is 0 Å². The number of rotatable bonds is 7. The maximum Gasteiger partial charge on any atom is 0.227 e. The average molecular weight is 332 g/mol. The minimum Gasteiger partial charge on any atom is -0.472 e. The van der Waals surface area contributed by atoms with Gasteiger partial charge in [-0.15, -0.1) is 0 Å². The molecule has 1 aliphatic heterocycles. The lowest BCUT2D eigenvalue weighted by Gasteiger charge is -2.32. The summed E-state index contributed by atoms with van der Waals surface area (Å²) in [5.74, 6) is 1.83. The number of hydrogen-bond donors (Lipinski definition) is 1. The number of aryl methyl sites for hydroxylation is 1. The van der Waals surface area contributed by atoms with Crippen LogP contribution in [-0.4, -0.2) is 47.1 Å². The van der Waals surface area contributed by atoms with E-state index < -0.39 is 0 Å². The molecule has 0 unspecified atom stereocenters. The molecule has 0 atom stereocenters. The number of piperidine rings is 1. The van der Waals surface area contributed by atoms with E-state index in [4.69, 9.17) is 8.94 Å². The summed E-state index contributed by atoms with van der Waals surface area (Å²) in [6.45, 7) is 5.87. The Kier molecular flexibility index (Phi) is 5.63. The number of carbonyl (C=O) groups is 1. The lowest BCUT2D eigenvalue weighted by atomic mass is 9.96. The zero-order valence-corrected chi connectivity index (χ0v) is 14.0. The highest BCUT2D eigenvalue weighted by Gasteiger charge is 2.22. The molecule has 24 heavy (non-hydrogen) atoms. The highest BCUT2D eigenvalue weighted by atomic mass is 16.5. The first kappa shape index (κ1) is 16.7. The highest BCUT2D eigenvalue weighted by Crippen LogP contribution is 2.19. The molecule has 7 heteroatoms. The van der Waals surface area contributed by atoms with Crippen molar-refractivity contribution in [1.29, 1.82) is 0 Å². The van der Waals surface area contributed by atoms with Crippen molar-refractivity contribution in [3.05, 3.63) is 24.5 Å². The number of carbonyl (C=O) groups excluding carboxylic acids is 1. The molecule has 1 N–H and O–H groups in total. The number of furan rings is 1. The van der Waals surface area contributed by atoms with Crippen LogP contribution >= 0.6 is 0 Å². The van der Waals surface area contributed by atoms with Gasteiger partial charge in [0.15, 0.2) is 0 Å². The SMILES string of the molecule is CCNCC1CCN(C(=O)CCc2nc(-c3ccoc3)no2)CC1. The van der Waals surface area contributed by atoms with E-state index in [0.29, 0.717) is 30.5 Å². The van der Waals surface area contributed by atoms with Crippen molar-refractivity contribution in [3.8, 4) is 11.4 Å². The van der Waals surface area contributed by atoms with Gasteiger partial charge >= 0.3 is 0 Å². The first-order valence-electron chi connectivity index (χ1n) is 8.60. The molecule has 1 aliphatic rings. The molecular formula is C17H24N4O3. The largest absolute Gasteiger partial charge is 0.472 e. The van der Waals surface area contributed by atoms with Gasteiger partial charge < -0.3 is 19.2 Å². The molecule has 0 saturated carbocycles. The molecular weight excluding hydrogens is 308 g/mol. The third kappa shape index (κ3) is 4.23. The maximum absolute atomic E-state index is 12.3. The summed E-state index contributed by atoms with van der Waals surface area (Å²) in [6, 6.07) is 1.78. The standard InChI is InChI=1S/C17H24N4O3/c1-2-18-11-13-5-8-21(9-6-13)16(22)4-3-15-19-17(20-24-15)14-7-10-23-12-14/h7,10,12-13,18H,2-6,8-9,11H2,1H3. The van der Waals surface area contributed by atoms with Gasteiger partial charge in [-0.3, -0.25) is 4.79 Å². The summed E-state index contributed by atoms with van der Waals surface area (Å²) in [5.41, 5.74) is 0.777. The number of amides is 1. The smallest absolute Gasteiger partial charge is 0.227 e. The topological polar surface area (TPSA) is 84.4 Å². The number of aromatic nitrogens is 2. The fourth-order valence-corrected chi connectivity index (χ4v) is 2.97. The van der Waals surface area contributed by atoms with Crippen molar-refractivity contribution >= 4 is 5.91 Å². The Balaban J connectivity index is 1.43. The number of hydrogen-bond acceptors (Lipinski definition) is 6. The molecule has 2 aromatic heterocycles. The second kappa shape index (κ2) is 8.10. The van der Waals surface area contributed by atoms with E-state index in [9.17, 15) is 4.79 Å². The quantitative estimate of drug-likeness (QED) is 0.836. The first-order chi connectivity index (χ1) is 11.8. The molecule has 0 aliphatic carbocycles. The van der Waals surface area contributed by atoms with Gasteiger partial charge in [0.2, 0.25) is 17.6 Å². The minimum absolute atomic E-state index is 0.167. The van der Waals surface area contributed by atoms with Crippen LogP contribution in [0.3, 0.4) is 0 Å². The Bertz CT molecular complexity index is 630. The Hall–Kier alpha value is -2.15. The van der Waals surface area contributed by atoms with E-state index in [2.05, 4.69) is 22.4 Å². The molecule has 0 aromatic carbocycles. The molecule has 0 bridgehead atoms. The van der Waals surface area contributed by atoms with Crippen LogP contribution in [0.4, 0.5) is 0 Å². The van der Waals surface area contributed by atoms with Crippen molar-refractivity contribution in [2.75, 3.05) is 26.2 Å². The third-order valence-corrected chi connectivity index (χ3v) is 4.45. The predicted molar refractivity (Wildman–Crippen MR) is 88.2 cm³/mol. The van der Waals surface area contributed by atoms with Gasteiger partial charge in [0, 0.05) is 25.9 Å². The van der Waals surface area contributed by atoms with E-state index in [1.807, 2.05) is 4.90 Å². The normalized spacial score (nSPS) is 15.8. The van der Waals surface area contributed by atoms with Gasteiger partial charge in [-0.05, 0) is 37.9 Å². The number of likely N-dealkylation sites (tertiary alicyclic amines) is 1. The Morgan fingerprint density at radius 3 is 2.96 bits per heavy atom. The van der Waals surface area contributed by atoms with E-state index in [1.165, 1.54) is 0 Å². The van der Waals surface area contributed by atoms with Gasteiger partial charge in [-0.1, -0.05) is 12.1 Å². The minimum atomic E-state index is 0.167. The van der Waals surface area contributed by atoms with Crippen LogP contribution in [0, 0.1) is 5.92 Å². The molecule has 1 amide bonds. The summed E-state index contributed by atoms with van der Waals surface area (Å²) in [6.07, 6.45) is 6.16. The zero-order valence-electron chi connectivity index (χ0n) is 14.0. The number of nitrogens with zero attached hydrogens (tertiary/aromatic N) is 3. The summed E-state index contributed by atoms with van der Waals surface area (Å²) in [5, 5.41) is 7.29. The molecule has 0 spiro atoms. The molecule has 1 fully saturated rings. The van der Waals surface area contributed by atoms with Crippen molar-refractivity contribution < 1.29 is 13.7 Å². The molecule has 130 valence electrons. The monoisotopic (exact) mass is 332 g/mol. The van der Waals surface area contributed by atoms with Crippen LogP contribution in [0.5, 0.6) is 0 Å². The average Bonchev–Trinajstić information content (AvgIpc) is 3.29. The van der Waals surface area contributed by atoms with Crippen LogP contribution in [-0.2, 0) is 11.2 Å². The van der Waals surface area contributed by atoms with Gasteiger partial charge in [0.25, 0.3) is 0 Å². The summed E-state index contributed by atoms with van der Waals surface area (Å²) >= 11 is 0. The summed E-state index contributed by atoms with van der Waals surface area (Å²) in [7, 11) is 0. The van der Waals surface area contributed by atoms with Crippen LogP contribution in [0.2, 0.25) is 0 Å². The predicted octanol–water partition coefficient (Wildman–Crippen LogP) is 2.11. The first-order valence-corrected chi connectivity index (χ1v) is 8.60. The number of nitrogens with one attached hydrogen (secondary N) is 1. The lowest BCUT2D eigenvalue weighted by Crippen LogP contribution is -2.40. The van der Waals surface area contributed by atoms with Crippen LogP contribution in [0.1, 0.15) is 32.1 Å². The Morgan fingerprint density at radius 1 is 1.42 bits per heavy atom. The second-order valence-electron chi connectivity index (χ2n) is 6.16. The van der Waals surface area contributed by atoms with Crippen LogP contribution in [0.15, 0.2) is 27.5 Å². The van der Waals surface area contributed by atoms with Crippen molar-refractivity contribution in [2.24, 2.45) is 5.92 Å². The Labute approximate surface area is 141 Å². The van der Waals surface area contributed by atoms with E-state index in [-0.39, 0.29) is 5.91 Å². The van der Waals surface area contributed by atoms with Crippen LogP contribution < -0.4 is 5.32 Å². The van der Waals surface area contributed by atoms with Gasteiger partial charge in [-0.2, -0.15) is 4.98 Å². The Morgan fingerprint density at radius 2 is 2.25 bits per heavy atom. The lowest BCUT2D eigenvalue weighted by molar-refractivity contribution is -0.132. The summed E-state index contributed by atoms with van der Waals surface area (Å²) < 4.78 is 10.2. The zero-order chi connectivity index (χ0) is 16.8. The van der Waals surface area contributed by atoms with E-state index in [0.717, 1.165) is 44.6 Å². The van der Waals surface area contributed by atoms with Gasteiger partial charge in [0.05, 0.1) is 11.8 Å². The third-order valence-electron chi connectivity index (χ3n) is 4.45. The second-order valence-corrected chi connectivity index (χ2v) is 6.16. The van der Waals surface area contributed by atoms with Gasteiger partial charge in [0.1, 0.15) is 6.26 Å². The molecule has 7 nitrogen and oxygen atoms in total. The van der Waals surface area contributed by atoms with Crippen molar-refractivity contribution in [1.82, 2.24) is 20.4 Å². The fourth-order valence-electron chi connectivity index (χ4n) is 2.97. The van der Waals surface area contributed by atoms with Crippen molar-refractivity contribution in [2.45, 2.75) is 32.6 Å². The van der Waals surface area contributed by atoms with Crippen molar-refractivity contribution in [3.63, 3.8) is 0 Å². The molecule has 3 rings (SSSR count). The molecule has 1 saturated heterocycles. The maximum atomic E-state index is 12.3. The summed E-state index contributed by atoms with van der Waals surface area (Å²) in [4.78, 5) is 18.6. The molecule has 2 aromatic rings. The van der Waals surface area contributed by atoms with E-state index in [1.54, 1.807) is 18.6 Å². The van der Waals surface area contributed by atoms with Crippen LogP contribution in [0.25, 0.3) is 11.4 Å². The molecule has 0 radical (unpaired) electrons. The fraction of sp³-hybridized carbons (Fsp3) is 0.588. The highest BCUT2D eigenvalue weighted by molar-refractivity contribution is 5.76.